The van der Waals surface area contributed by atoms with Crippen LogP contribution in [0.15, 0.2) is 18.2 Å². The number of halogens is 2. The first-order valence-corrected chi connectivity index (χ1v) is 6.07. The number of nitriles is 1. The number of nitrogens with zero attached hydrogens (tertiary/aromatic N) is 1. The predicted octanol–water partition coefficient (Wildman–Crippen LogP) is 4.15. The molecule has 0 aliphatic heterocycles. The van der Waals surface area contributed by atoms with E-state index in [1.807, 2.05) is 0 Å². The van der Waals surface area contributed by atoms with Crippen LogP contribution in [0.4, 0.5) is 8.78 Å². The van der Waals surface area contributed by atoms with Crippen molar-refractivity contribution in [1.82, 2.24) is 0 Å². The average Bonchev–Trinajstić information content (AvgIpc) is 2.34. The van der Waals surface area contributed by atoms with Crippen LogP contribution in [0, 0.1) is 28.9 Å². The molecule has 17 heavy (non-hydrogen) atoms. The highest BCUT2D eigenvalue weighted by molar-refractivity contribution is 5.28. The molecule has 2 rings (SSSR count). The van der Waals surface area contributed by atoms with Crippen LogP contribution in [0.1, 0.15) is 43.6 Å². The van der Waals surface area contributed by atoms with Gasteiger partial charge in [-0.3, -0.25) is 0 Å². The van der Waals surface area contributed by atoms with Gasteiger partial charge in [-0.25, -0.2) is 8.78 Å². The van der Waals surface area contributed by atoms with Crippen LogP contribution in [-0.2, 0) is 0 Å². The van der Waals surface area contributed by atoms with E-state index in [0.717, 1.165) is 31.7 Å². The molecule has 1 unspecified atom stereocenters. The molecule has 0 amide bonds. The molecule has 90 valence electrons. The standard InChI is InChI=1S/C14H15F2N/c15-11-6-7-12(14(16)8-11)13(9-17)10-4-2-1-3-5-10/h6-8,10,13H,1-5H2. The average molecular weight is 235 g/mol. The molecule has 1 fully saturated rings. The first-order chi connectivity index (χ1) is 8.22. The second kappa shape index (κ2) is 5.27. The van der Waals surface area contributed by atoms with E-state index < -0.39 is 17.6 Å². The second-order valence-corrected chi connectivity index (χ2v) is 4.67. The lowest BCUT2D eigenvalue weighted by Crippen LogP contribution is -2.16. The number of hydrogen-bond acceptors (Lipinski definition) is 1. The summed E-state index contributed by atoms with van der Waals surface area (Å²) in [7, 11) is 0. The lowest BCUT2D eigenvalue weighted by atomic mass is 9.77. The Morgan fingerprint density at radius 2 is 1.88 bits per heavy atom. The summed E-state index contributed by atoms with van der Waals surface area (Å²) in [5.74, 6) is -1.40. The Morgan fingerprint density at radius 3 is 2.47 bits per heavy atom. The second-order valence-electron chi connectivity index (χ2n) is 4.67. The van der Waals surface area contributed by atoms with Crippen molar-refractivity contribution >= 4 is 0 Å². The summed E-state index contributed by atoms with van der Waals surface area (Å²) in [4.78, 5) is 0. The van der Waals surface area contributed by atoms with Crippen LogP contribution in [0.25, 0.3) is 0 Å². The Balaban J connectivity index is 2.25. The van der Waals surface area contributed by atoms with Crippen LogP contribution in [0.5, 0.6) is 0 Å². The fourth-order valence-corrected chi connectivity index (χ4v) is 2.65. The molecule has 3 heteroatoms. The molecule has 1 atom stereocenters. The molecule has 1 aromatic carbocycles. The fourth-order valence-electron chi connectivity index (χ4n) is 2.65. The zero-order valence-corrected chi connectivity index (χ0v) is 9.63. The monoisotopic (exact) mass is 235 g/mol. The molecule has 0 bridgehead atoms. The molecular weight excluding hydrogens is 220 g/mol. The van der Waals surface area contributed by atoms with Gasteiger partial charge in [0.1, 0.15) is 11.6 Å². The third-order valence-corrected chi connectivity index (χ3v) is 3.56. The van der Waals surface area contributed by atoms with Gasteiger partial charge >= 0.3 is 0 Å². The maximum absolute atomic E-state index is 13.7. The summed E-state index contributed by atoms with van der Waals surface area (Å²) in [5, 5.41) is 9.22. The van der Waals surface area contributed by atoms with Crippen LogP contribution >= 0.6 is 0 Å². The SMILES string of the molecule is N#CC(c1ccc(F)cc1F)C1CCCCC1. The van der Waals surface area contributed by atoms with Gasteiger partial charge in [0.15, 0.2) is 0 Å². The molecule has 0 saturated heterocycles. The van der Waals surface area contributed by atoms with Gasteiger partial charge in [-0.2, -0.15) is 5.26 Å². The molecule has 1 nitrogen and oxygen atoms in total. The predicted molar refractivity (Wildman–Crippen MR) is 61.3 cm³/mol. The zero-order valence-electron chi connectivity index (χ0n) is 9.63. The van der Waals surface area contributed by atoms with E-state index in [9.17, 15) is 14.0 Å². The van der Waals surface area contributed by atoms with Crippen molar-refractivity contribution in [2.75, 3.05) is 0 Å². The Bertz CT molecular complexity index is 430. The molecule has 0 spiro atoms. The molecule has 1 aromatic rings. The highest BCUT2D eigenvalue weighted by Crippen LogP contribution is 2.36. The smallest absolute Gasteiger partial charge is 0.130 e. The van der Waals surface area contributed by atoms with Crippen molar-refractivity contribution in [2.24, 2.45) is 5.92 Å². The van der Waals surface area contributed by atoms with Gasteiger partial charge in [-0.05, 0) is 24.8 Å². The summed E-state index contributed by atoms with van der Waals surface area (Å²) < 4.78 is 26.5. The maximum atomic E-state index is 13.7. The first-order valence-electron chi connectivity index (χ1n) is 6.07. The van der Waals surface area contributed by atoms with E-state index >= 15 is 0 Å². The van der Waals surface area contributed by atoms with Gasteiger partial charge in [-0.15, -0.1) is 0 Å². The third kappa shape index (κ3) is 2.63. The van der Waals surface area contributed by atoms with Crippen molar-refractivity contribution < 1.29 is 8.78 Å². The quantitative estimate of drug-likeness (QED) is 0.755. The Morgan fingerprint density at radius 1 is 1.18 bits per heavy atom. The van der Waals surface area contributed by atoms with E-state index in [-0.39, 0.29) is 5.92 Å². The molecule has 1 aliphatic rings. The van der Waals surface area contributed by atoms with Crippen molar-refractivity contribution in [3.8, 4) is 6.07 Å². The van der Waals surface area contributed by atoms with Crippen molar-refractivity contribution in [2.45, 2.75) is 38.0 Å². The van der Waals surface area contributed by atoms with Crippen molar-refractivity contribution in [1.29, 1.82) is 5.26 Å². The summed E-state index contributed by atoms with van der Waals surface area (Å²) in [6.07, 6.45) is 5.34. The minimum absolute atomic E-state index is 0.216. The van der Waals surface area contributed by atoms with Gasteiger partial charge in [0.05, 0.1) is 12.0 Å². The highest BCUT2D eigenvalue weighted by atomic mass is 19.1. The maximum Gasteiger partial charge on any atom is 0.130 e. The topological polar surface area (TPSA) is 23.8 Å². The molecule has 1 aliphatic carbocycles. The van der Waals surface area contributed by atoms with Gasteiger partial charge in [-0.1, -0.05) is 25.3 Å². The first kappa shape index (κ1) is 12.0. The van der Waals surface area contributed by atoms with Crippen LogP contribution in [0.2, 0.25) is 0 Å². The normalized spacial score (nSPS) is 18.6. The fraction of sp³-hybridized carbons (Fsp3) is 0.500. The van der Waals surface area contributed by atoms with Gasteiger partial charge < -0.3 is 0 Å². The van der Waals surface area contributed by atoms with E-state index in [1.165, 1.54) is 18.6 Å². The van der Waals surface area contributed by atoms with Gasteiger partial charge in [0.2, 0.25) is 0 Å². The molecule has 1 saturated carbocycles. The Hall–Kier alpha value is -1.43. The largest absolute Gasteiger partial charge is 0.207 e. The zero-order chi connectivity index (χ0) is 12.3. The lowest BCUT2D eigenvalue weighted by Gasteiger charge is -2.26. The van der Waals surface area contributed by atoms with E-state index in [2.05, 4.69) is 6.07 Å². The molecular formula is C14H15F2N. The van der Waals surface area contributed by atoms with Gasteiger partial charge in [0, 0.05) is 11.6 Å². The number of benzene rings is 1. The minimum Gasteiger partial charge on any atom is -0.207 e. The molecule has 0 aromatic heterocycles. The molecule has 0 heterocycles. The van der Waals surface area contributed by atoms with Crippen LogP contribution in [-0.4, -0.2) is 0 Å². The lowest BCUT2D eigenvalue weighted by molar-refractivity contribution is 0.331. The minimum atomic E-state index is -0.595. The number of rotatable bonds is 2. The summed E-state index contributed by atoms with van der Waals surface area (Å²) in [6, 6.07) is 5.69. The molecule has 0 radical (unpaired) electrons. The van der Waals surface area contributed by atoms with E-state index in [0.29, 0.717) is 5.56 Å². The Labute approximate surface area is 100 Å². The van der Waals surface area contributed by atoms with Crippen LogP contribution in [0.3, 0.4) is 0 Å². The highest BCUT2D eigenvalue weighted by Gasteiger charge is 2.27. The third-order valence-electron chi connectivity index (χ3n) is 3.56. The summed E-state index contributed by atoms with van der Waals surface area (Å²) >= 11 is 0. The van der Waals surface area contributed by atoms with Crippen molar-refractivity contribution in [3.63, 3.8) is 0 Å². The number of hydrogen-bond donors (Lipinski definition) is 0. The summed E-state index contributed by atoms with van der Waals surface area (Å²) in [5.41, 5.74) is 0.348. The van der Waals surface area contributed by atoms with Crippen molar-refractivity contribution in [3.05, 3.63) is 35.4 Å². The van der Waals surface area contributed by atoms with Crippen LogP contribution < -0.4 is 0 Å². The van der Waals surface area contributed by atoms with Gasteiger partial charge in [0.25, 0.3) is 0 Å². The van der Waals surface area contributed by atoms with E-state index in [1.54, 1.807) is 0 Å². The Kier molecular flexibility index (Phi) is 3.73. The van der Waals surface area contributed by atoms with E-state index in [4.69, 9.17) is 0 Å². The summed E-state index contributed by atoms with van der Waals surface area (Å²) in [6.45, 7) is 0. The molecule has 0 N–H and O–H groups in total.